The van der Waals surface area contributed by atoms with Gasteiger partial charge in [0, 0.05) is 18.9 Å². The summed E-state index contributed by atoms with van der Waals surface area (Å²) in [6.45, 7) is 5.64. The van der Waals surface area contributed by atoms with Crippen LogP contribution in [0.4, 0.5) is 0 Å². The van der Waals surface area contributed by atoms with Crippen LogP contribution in [-0.4, -0.2) is 44.7 Å². The smallest absolute Gasteiger partial charge is 0.151 e. The fourth-order valence-electron chi connectivity index (χ4n) is 3.58. The highest BCUT2D eigenvalue weighted by molar-refractivity contribution is 7.91. The minimum Gasteiger partial charge on any atom is -0.375 e. The molecule has 1 saturated heterocycles. The third kappa shape index (κ3) is 3.55. The topological polar surface area (TPSA) is 55.4 Å². The van der Waals surface area contributed by atoms with Crippen molar-refractivity contribution >= 4 is 9.84 Å². The standard InChI is InChI=1S/C15H29NO3S/c1-4-9-16-14(12(2)20(3,17)18)13-6-10-19-15(11-13)7-5-8-15/h12-14,16H,4-11H2,1-3H3. The first-order chi connectivity index (χ1) is 9.38. The molecule has 3 unspecified atom stereocenters. The molecule has 2 fully saturated rings. The molecule has 5 heteroatoms. The normalized spacial score (nSPS) is 28.9. The van der Waals surface area contributed by atoms with Gasteiger partial charge in [-0.1, -0.05) is 6.92 Å². The quantitative estimate of drug-likeness (QED) is 0.817. The minimum atomic E-state index is -3.01. The molecule has 3 atom stereocenters. The van der Waals surface area contributed by atoms with Crippen LogP contribution in [0, 0.1) is 5.92 Å². The molecule has 2 rings (SSSR count). The second-order valence-electron chi connectivity index (χ2n) is 6.65. The van der Waals surface area contributed by atoms with Crippen LogP contribution in [0.15, 0.2) is 0 Å². The number of ether oxygens (including phenoxy) is 1. The Morgan fingerprint density at radius 2 is 2.10 bits per heavy atom. The van der Waals surface area contributed by atoms with Gasteiger partial charge in [0.2, 0.25) is 0 Å². The molecule has 0 aromatic heterocycles. The molecule has 0 radical (unpaired) electrons. The lowest BCUT2D eigenvalue weighted by Crippen LogP contribution is -2.54. The Hall–Kier alpha value is -0.130. The van der Waals surface area contributed by atoms with Crippen molar-refractivity contribution in [3.63, 3.8) is 0 Å². The molecule has 1 N–H and O–H groups in total. The van der Waals surface area contributed by atoms with Crippen LogP contribution in [0.3, 0.4) is 0 Å². The first-order valence-electron chi connectivity index (χ1n) is 7.94. The molecule has 0 aromatic rings. The van der Waals surface area contributed by atoms with E-state index in [1.165, 1.54) is 12.7 Å². The van der Waals surface area contributed by atoms with E-state index in [2.05, 4.69) is 12.2 Å². The van der Waals surface area contributed by atoms with Gasteiger partial charge in [-0.25, -0.2) is 8.42 Å². The summed E-state index contributed by atoms with van der Waals surface area (Å²) in [5.41, 5.74) is 0.0757. The number of sulfone groups is 1. The van der Waals surface area contributed by atoms with Crippen LogP contribution < -0.4 is 5.32 Å². The van der Waals surface area contributed by atoms with Crippen molar-refractivity contribution in [3.8, 4) is 0 Å². The third-order valence-corrected chi connectivity index (χ3v) is 6.76. The average Bonchev–Trinajstić information content (AvgIpc) is 2.36. The minimum absolute atomic E-state index is 0.0614. The summed E-state index contributed by atoms with van der Waals surface area (Å²) in [6, 6.07) is 0.0614. The van der Waals surface area contributed by atoms with Gasteiger partial charge in [0.05, 0.1) is 10.9 Å². The number of rotatable bonds is 6. The predicted molar refractivity (Wildman–Crippen MR) is 81.6 cm³/mol. The molecular weight excluding hydrogens is 274 g/mol. The van der Waals surface area contributed by atoms with Gasteiger partial charge in [0.25, 0.3) is 0 Å². The van der Waals surface area contributed by atoms with Crippen molar-refractivity contribution in [2.75, 3.05) is 19.4 Å². The highest BCUT2D eigenvalue weighted by Crippen LogP contribution is 2.45. The van der Waals surface area contributed by atoms with Gasteiger partial charge in [-0.3, -0.25) is 0 Å². The van der Waals surface area contributed by atoms with Crippen molar-refractivity contribution in [1.29, 1.82) is 0 Å². The van der Waals surface area contributed by atoms with E-state index in [0.29, 0.717) is 5.92 Å². The summed E-state index contributed by atoms with van der Waals surface area (Å²) >= 11 is 0. The molecular formula is C15H29NO3S. The Balaban J connectivity index is 2.09. The summed E-state index contributed by atoms with van der Waals surface area (Å²) in [4.78, 5) is 0. The van der Waals surface area contributed by atoms with Gasteiger partial charge < -0.3 is 10.1 Å². The monoisotopic (exact) mass is 303 g/mol. The molecule has 20 heavy (non-hydrogen) atoms. The maximum Gasteiger partial charge on any atom is 0.151 e. The lowest BCUT2D eigenvalue weighted by atomic mass is 9.70. The van der Waals surface area contributed by atoms with Crippen molar-refractivity contribution < 1.29 is 13.2 Å². The van der Waals surface area contributed by atoms with Crippen molar-refractivity contribution in [2.45, 2.75) is 69.3 Å². The highest BCUT2D eigenvalue weighted by Gasteiger charge is 2.45. The zero-order valence-corrected chi connectivity index (χ0v) is 13.8. The van der Waals surface area contributed by atoms with E-state index in [1.54, 1.807) is 0 Å². The summed E-state index contributed by atoms with van der Waals surface area (Å²) < 4.78 is 29.9. The fraction of sp³-hybridized carbons (Fsp3) is 1.00. The molecule has 0 bridgehead atoms. The van der Waals surface area contributed by atoms with Gasteiger partial charge in [-0.05, 0) is 57.9 Å². The number of nitrogens with one attached hydrogen (secondary N) is 1. The summed E-state index contributed by atoms with van der Waals surface area (Å²) in [5.74, 6) is 0.417. The maximum absolute atomic E-state index is 12.0. The lowest BCUT2D eigenvalue weighted by Gasteiger charge is -2.49. The van der Waals surface area contributed by atoms with E-state index in [-0.39, 0.29) is 16.9 Å². The molecule has 1 aliphatic carbocycles. The van der Waals surface area contributed by atoms with Gasteiger partial charge in [0.1, 0.15) is 0 Å². The third-order valence-electron chi connectivity index (χ3n) is 5.11. The number of hydrogen-bond donors (Lipinski definition) is 1. The first-order valence-corrected chi connectivity index (χ1v) is 9.90. The van der Waals surface area contributed by atoms with Gasteiger partial charge >= 0.3 is 0 Å². The second kappa shape index (κ2) is 6.32. The molecule has 1 spiro atoms. The summed E-state index contributed by atoms with van der Waals surface area (Å²) in [6.07, 6.45) is 7.94. The van der Waals surface area contributed by atoms with Gasteiger partial charge in [-0.2, -0.15) is 0 Å². The van der Waals surface area contributed by atoms with Crippen LogP contribution in [-0.2, 0) is 14.6 Å². The fourth-order valence-corrected chi connectivity index (χ4v) is 4.44. The zero-order valence-electron chi connectivity index (χ0n) is 13.0. The molecule has 0 amide bonds. The maximum atomic E-state index is 12.0. The largest absolute Gasteiger partial charge is 0.375 e. The summed E-state index contributed by atoms with van der Waals surface area (Å²) in [5, 5.41) is 3.17. The Bertz CT molecular complexity index is 417. The predicted octanol–water partition coefficient (Wildman–Crippen LogP) is 2.14. The molecule has 118 valence electrons. The van der Waals surface area contributed by atoms with Crippen molar-refractivity contribution in [3.05, 3.63) is 0 Å². The van der Waals surface area contributed by atoms with E-state index in [9.17, 15) is 8.42 Å². The lowest BCUT2D eigenvalue weighted by molar-refractivity contribution is -0.147. The van der Waals surface area contributed by atoms with Crippen LogP contribution >= 0.6 is 0 Å². The zero-order chi connectivity index (χ0) is 14.8. The molecule has 0 aromatic carbocycles. The highest BCUT2D eigenvalue weighted by atomic mass is 32.2. The Labute approximate surface area is 123 Å². The Morgan fingerprint density at radius 1 is 1.40 bits per heavy atom. The van der Waals surface area contributed by atoms with Gasteiger partial charge in [-0.15, -0.1) is 0 Å². The van der Waals surface area contributed by atoms with E-state index in [4.69, 9.17) is 4.74 Å². The molecule has 4 nitrogen and oxygen atoms in total. The van der Waals surface area contributed by atoms with Crippen LogP contribution in [0.1, 0.15) is 52.4 Å². The van der Waals surface area contributed by atoms with E-state index < -0.39 is 9.84 Å². The summed E-state index contributed by atoms with van der Waals surface area (Å²) in [7, 11) is -3.01. The van der Waals surface area contributed by atoms with Crippen LogP contribution in [0.2, 0.25) is 0 Å². The molecule has 2 aliphatic rings. The van der Waals surface area contributed by atoms with Crippen LogP contribution in [0.5, 0.6) is 0 Å². The van der Waals surface area contributed by atoms with Gasteiger partial charge in [0.15, 0.2) is 9.84 Å². The van der Waals surface area contributed by atoms with E-state index >= 15 is 0 Å². The Kier molecular flexibility index (Phi) is 5.14. The molecule has 1 saturated carbocycles. The van der Waals surface area contributed by atoms with Crippen molar-refractivity contribution in [2.24, 2.45) is 5.92 Å². The SMILES string of the molecule is CCCNC(C1CCOC2(CCC2)C1)C(C)S(C)(=O)=O. The molecule has 1 heterocycles. The van der Waals surface area contributed by atoms with E-state index in [1.807, 2.05) is 6.92 Å². The van der Waals surface area contributed by atoms with Crippen LogP contribution in [0.25, 0.3) is 0 Å². The first kappa shape index (κ1) is 16.2. The average molecular weight is 303 g/mol. The second-order valence-corrected chi connectivity index (χ2v) is 9.06. The van der Waals surface area contributed by atoms with E-state index in [0.717, 1.165) is 45.3 Å². The van der Waals surface area contributed by atoms with Crippen molar-refractivity contribution in [1.82, 2.24) is 5.32 Å². The number of hydrogen-bond acceptors (Lipinski definition) is 4. The molecule has 1 aliphatic heterocycles. The Morgan fingerprint density at radius 3 is 2.60 bits per heavy atom.